The van der Waals surface area contributed by atoms with Crippen molar-refractivity contribution in [1.82, 2.24) is 30.2 Å². The fourth-order valence-electron chi connectivity index (χ4n) is 12.0. The number of aryl methyl sites for hydroxylation is 1. The van der Waals surface area contributed by atoms with Gasteiger partial charge in [0.15, 0.2) is 23.0 Å². The van der Waals surface area contributed by atoms with Gasteiger partial charge in [0.2, 0.25) is 17.7 Å². The molecule has 5 aromatic rings. The molecule has 5 heterocycles. The Morgan fingerprint density at radius 1 is 0.972 bits per heavy atom. The highest BCUT2D eigenvalue weighted by molar-refractivity contribution is 6.09. The van der Waals surface area contributed by atoms with E-state index < -0.39 is 29.2 Å². The largest absolute Gasteiger partial charge is 0.494 e. The predicted molar refractivity (Wildman–Crippen MR) is 270 cm³/mol. The lowest BCUT2D eigenvalue weighted by atomic mass is 9.82. The summed E-state index contributed by atoms with van der Waals surface area (Å²) in [6, 6.07) is 19.8. The zero-order valence-electron chi connectivity index (χ0n) is 41.4. The number of imide groups is 1. The molecule has 5 amide bonds. The SMILES string of the molecule is COc1ccc(C(N)=O)c(-c2c(C)c(F)cc3c2C[C@@](CNC2CCC(C(=O)N4CCC(N=CN5CCC(c6cccc7c(N8CCC(=O)NC8=O)nn(C)c67)CC5)[C@@H](C)C4)CC2)(c2ccccc2)O3)c1F. The summed E-state index contributed by atoms with van der Waals surface area (Å²) in [5.41, 5.74) is 8.67. The smallest absolute Gasteiger partial charge is 0.329 e. The molecule has 0 spiro atoms. The molecule has 4 aromatic carbocycles. The number of fused-ring (bicyclic) bond motifs is 2. The number of nitrogens with two attached hydrogens (primary N) is 1. The number of hydrogen-bond donors (Lipinski definition) is 3. The van der Waals surface area contributed by atoms with Crippen LogP contribution in [0.2, 0.25) is 0 Å². The van der Waals surface area contributed by atoms with E-state index in [9.17, 15) is 19.2 Å². The molecule has 0 radical (unpaired) electrons. The van der Waals surface area contributed by atoms with E-state index in [4.69, 9.17) is 25.3 Å². The number of para-hydroxylation sites is 1. The number of ether oxygens (including phenoxy) is 2. The van der Waals surface area contributed by atoms with Gasteiger partial charge in [-0.15, -0.1) is 0 Å². The number of piperidine rings is 2. The molecule has 15 nitrogen and oxygen atoms in total. The van der Waals surface area contributed by atoms with Crippen molar-refractivity contribution < 1.29 is 37.4 Å². The van der Waals surface area contributed by atoms with Crippen molar-refractivity contribution in [2.45, 2.75) is 95.2 Å². The fourth-order valence-corrected chi connectivity index (χ4v) is 12.0. The number of rotatable bonds is 12. The van der Waals surface area contributed by atoms with Crippen molar-refractivity contribution in [3.05, 3.63) is 106 Å². The third-order valence-electron chi connectivity index (χ3n) is 16.0. The summed E-state index contributed by atoms with van der Waals surface area (Å²) in [5, 5.41) is 11.8. The molecule has 17 heteroatoms. The number of amides is 5. The monoisotopic (exact) mass is 983 g/mol. The zero-order valence-corrected chi connectivity index (χ0v) is 41.4. The number of aliphatic imine (C=N–C) groups is 1. The van der Waals surface area contributed by atoms with Gasteiger partial charge in [0.1, 0.15) is 11.6 Å². The molecular formula is C55H63F2N9O6. The van der Waals surface area contributed by atoms with Crippen LogP contribution in [0, 0.1) is 30.4 Å². The Balaban J connectivity index is 0.733. The maximum atomic E-state index is 16.2. The number of urea groups is 1. The van der Waals surface area contributed by atoms with Crippen molar-refractivity contribution in [3.8, 4) is 22.6 Å². The van der Waals surface area contributed by atoms with Gasteiger partial charge < -0.3 is 30.3 Å². The number of benzene rings is 4. The van der Waals surface area contributed by atoms with E-state index in [1.54, 1.807) is 11.8 Å². The van der Waals surface area contributed by atoms with Gasteiger partial charge in [0.05, 0.1) is 30.6 Å². The van der Waals surface area contributed by atoms with E-state index in [0.717, 1.165) is 74.5 Å². The van der Waals surface area contributed by atoms with E-state index in [1.165, 1.54) is 30.9 Å². The van der Waals surface area contributed by atoms with Crippen molar-refractivity contribution in [2.24, 2.45) is 29.6 Å². The lowest BCUT2D eigenvalue weighted by molar-refractivity contribution is -0.138. The highest BCUT2D eigenvalue weighted by Crippen LogP contribution is 2.49. The predicted octanol–water partition coefficient (Wildman–Crippen LogP) is 7.50. The summed E-state index contributed by atoms with van der Waals surface area (Å²) in [6.45, 7) is 7.52. The fraction of sp³-hybridized carbons (Fsp3) is 0.455. The molecule has 4 N–H and O–H groups in total. The second kappa shape index (κ2) is 20.0. The summed E-state index contributed by atoms with van der Waals surface area (Å²) in [4.78, 5) is 62.2. The Morgan fingerprint density at radius 3 is 2.44 bits per heavy atom. The first-order chi connectivity index (χ1) is 34.7. The van der Waals surface area contributed by atoms with E-state index in [0.29, 0.717) is 43.5 Å². The number of likely N-dealkylation sites (tertiary alicyclic amines) is 2. The molecule has 1 aromatic heterocycles. The van der Waals surface area contributed by atoms with Crippen LogP contribution in [0.5, 0.6) is 11.5 Å². The van der Waals surface area contributed by atoms with Gasteiger partial charge in [-0.2, -0.15) is 5.10 Å². The Kier molecular flexibility index (Phi) is 13.5. The van der Waals surface area contributed by atoms with Crippen molar-refractivity contribution in [1.29, 1.82) is 0 Å². The van der Waals surface area contributed by atoms with Gasteiger partial charge in [-0.25, -0.2) is 13.6 Å². The minimum Gasteiger partial charge on any atom is -0.494 e. The first kappa shape index (κ1) is 48.7. The first-order valence-corrected chi connectivity index (χ1v) is 25.3. The number of aromatic nitrogens is 2. The molecule has 5 aliphatic rings. The average Bonchev–Trinajstić information content (AvgIpc) is 3.93. The lowest BCUT2D eigenvalue weighted by Gasteiger charge is -2.39. The molecule has 1 aliphatic carbocycles. The second-order valence-electron chi connectivity index (χ2n) is 20.4. The van der Waals surface area contributed by atoms with E-state index in [-0.39, 0.29) is 82.3 Å². The Labute approximate surface area is 418 Å². The number of nitrogens with one attached hydrogen (secondary N) is 2. The van der Waals surface area contributed by atoms with Crippen LogP contribution < -0.4 is 30.7 Å². The van der Waals surface area contributed by atoms with Crippen LogP contribution in [0.4, 0.5) is 19.4 Å². The first-order valence-electron chi connectivity index (χ1n) is 25.3. The van der Waals surface area contributed by atoms with Gasteiger partial charge in [-0.05, 0) is 104 Å². The van der Waals surface area contributed by atoms with Crippen LogP contribution in [0.3, 0.4) is 0 Å². The van der Waals surface area contributed by atoms with Crippen molar-refractivity contribution in [2.75, 3.05) is 51.3 Å². The molecule has 378 valence electrons. The minimum atomic E-state index is -0.978. The standard InChI is InChI=1S/C55H63F2N9O6/c1-32-29-65(25-21-43(32)60-31-64-23-19-34(20-24-64)38-11-8-12-40-50(38)63(3)62-52(40)66-26-22-46(67)61-54(66)70)53(69)35-13-15-37(16-14-35)59-30-55(36-9-6-5-7-10-36)28-41-45(72-55)27-42(56)33(2)47(41)48-39(51(58)68)17-18-44(71-4)49(48)57/h5-12,17-18,27,31-32,34-35,37,43,59H,13-16,19-26,28-30H2,1-4H3,(H2,58,68)(H,61,67,70)/t32-,35?,37?,43?,55+/m0/s1. The third-order valence-corrected chi connectivity index (χ3v) is 16.0. The molecule has 3 saturated heterocycles. The number of anilines is 1. The molecule has 0 bridgehead atoms. The van der Waals surface area contributed by atoms with Crippen LogP contribution >= 0.6 is 0 Å². The zero-order chi connectivity index (χ0) is 50.4. The van der Waals surface area contributed by atoms with E-state index in [2.05, 4.69) is 28.5 Å². The number of nitrogens with zero attached hydrogens (tertiary/aromatic N) is 6. The quantitative estimate of drug-likeness (QED) is 0.0844. The molecular weight excluding hydrogens is 921 g/mol. The number of halogens is 2. The van der Waals surface area contributed by atoms with Crippen molar-refractivity contribution in [3.63, 3.8) is 0 Å². The minimum absolute atomic E-state index is 0.0592. The van der Waals surface area contributed by atoms with Crippen LogP contribution in [0.1, 0.15) is 96.8 Å². The molecule has 3 atom stereocenters. The Morgan fingerprint density at radius 2 is 1.74 bits per heavy atom. The Hall–Kier alpha value is -6.88. The maximum absolute atomic E-state index is 16.2. The highest BCUT2D eigenvalue weighted by Gasteiger charge is 2.45. The van der Waals surface area contributed by atoms with Crippen LogP contribution in [0.25, 0.3) is 22.0 Å². The van der Waals surface area contributed by atoms with Crippen LogP contribution in [-0.4, -0.2) is 108 Å². The molecule has 1 unspecified atom stereocenters. The summed E-state index contributed by atoms with van der Waals surface area (Å²) < 4.78 is 45.9. The average molecular weight is 984 g/mol. The van der Waals surface area contributed by atoms with Gasteiger partial charge in [0, 0.05) is 93.7 Å². The molecule has 4 aliphatic heterocycles. The second-order valence-corrected chi connectivity index (χ2v) is 20.4. The molecule has 72 heavy (non-hydrogen) atoms. The topological polar surface area (TPSA) is 177 Å². The number of methoxy groups -OCH3 is 1. The molecule has 1 saturated carbocycles. The lowest BCUT2D eigenvalue weighted by Crippen LogP contribution is -2.49. The summed E-state index contributed by atoms with van der Waals surface area (Å²) in [6.07, 6.45) is 8.38. The molecule has 10 rings (SSSR count). The summed E-state index contributed by atoms with van der Waals surface area (Å²) in [7, 11) is 3.24. The molecule has 4 fully saturated rings. The van der Waals surface area contributed by atoms with E-state index in [1.807, 2.05) is 65.4 Å². The van der Waals surface area contributed by atoms with Crippen LogP contribution in [-0.2, 0) is 28.7 Å². The highest BCUT2D eigenvalue weighted by atomic mass is 19.1. The Bertz CT molecular complexity index is 2950. The van der Waals surface area contributed by atoms with Crippen molar-refractivity contribution >= 4 is 46.8 Å². The van der Waals surface area contributed by atoms with Gasteiger partial charge >= 0.3 is 6.03 Å². The van der Waals surface area contributed by atoms with E-state index >= 15 is 8.78 Å². The van der Waals surface area contributed by atoms with Gasteiger partial charge in [-0.1, -0.05) is 49.4 Å². The van der Waals surface area contributed by atoms with Crippen LogP contribution in [0.15, 0.2) is 71.7 Å². The third kappa shape index (κ3) is 9.15. The number of carbonyl (C=O) groups is 4. The number of carbonyl (C=O) groups excluding carboxylic acids is 4. The number of primary amides is 1. The summed E-state index contributed by atoms with van der Waals surface area (Å²) >= 11 is 0. The summed E-state index contributed by atoms with van der Waals surface area (Å²) in [5.74, 6) is -1.05. The van der Waals surface area contributed by atoms with Gasteiger partial charge in [0.25, 0.3) is 0 Å². The normalized spacial score (nSPS) is 23.9. The maximum Gasteiger partial charge on any atom is 0.329 e. The number of hydrogen-bond acceptors (Lipinski definition) is 9. The van der Waals surface area contributed by atoms with Gasteiger partial charge in [-0.3, -0.25) is 34.3 Å².